The highest BCUT2D eigenvalue weighted by molar-refractivity contribution is 7.99. The number of anilines is 2. The van der Waals surface area contributed by atoms with E-state index in [2.05, 4.69) is 15.1 Å². The Morgan fingerprint density at radius 1 is 0.808 bits per heavy atom. The standard InChI is InChI=1S/C55H67ClF3N4O11PS3/c1-53(2,3)73-75(65,74-54(4,5)6)72-38-71-51(48-15-11-10-14-47(48)39-16-20-42(56)21-17-39)40-26-30-63(31-27-40)44-22-18-41(19-23-44)52(64)61-78(68,69)46-24-25-49(50(36-46)77(66,67)55(57,58)59)60-43(28-29-62-32-34-70-35-33-62)37-76-45-12-8-7-9-13-45/h7-25,36,40,43,51,60H,26-35,37-38H2,1-6H3,(H,61,64)/t43-,51-/m1/s1. The Labute approximate surface area is 465 Å². The molecule has 0 aliphatic carbocycles. The van der Waals surface area contributed by atoms with E-state index in [-0.39, 0.29) is 11.5 Å². The minimum Gasteiger partial charge on any atom is -0.380 e. The number of morpholine rings is 1. The van der Waals surface area contributed by atoms with Crippen LogP contribution in [0.1, 0.15) is 82.8 Å². The Hall–Kier alpha value is -4.51. The molecule has 2 saturated heterocycles. The second-order valence-electron chi connectivity index (χ2n) is 20.9. The molecular formula is C55H67ClF3N4O11PS3. The zero-order valence-corrected chi connectivity index (χ0v) is 48.4. The Kier molecular flexibility index (Phi) is 20.3. The van der Waals surface area contributed by atoms with Crippen LogP contribution in [-0.4, -0.2) is 109 Å². The first-order valence-electron chi connectivity index (χ1n) is 25.4. The van der Waals surface area contributed by atoms with Crippen LogP contribution < -0.4 is 14.9 Å². The zero-order chi connectivity index (χ0) is 56.5. The molecule has 2 atom stereocenters. The SMILES string of the molecule is CC(C)(C)OP(=O)(OCO[C@@H](c1ccccc1-c1ccc(Cl)cc1)C1CCN(c2ccc(C(=O)NS(=O)(=O)c3ccc(N[C@H](CCN4CCOCC4)CSc4ccccc4)c(S(=O)(=O)C(F)(F)F)c3)cc2)CC1)OC(C)(C)C. The highest BCUT2D eigenvalue weighted by Crippen LogP contribution is 2.56. The van der Waals surface area contributed by atoms with Crippen LogP contribution in [0.25, 0.3) is 11.1 Å². The number of rotatable bonds is 22. The highest BCUT2D eigenvalue weighted by atomic mass is 35.5. The number of sulfonamides is 1. The van der Waals surface area contributed by atoms with Crippen LogP contribution in [0.5, 0.6) is 0 Å². The van der Waals surface area contributed by atoms with Gasteiger partial charge in [0.1, 0.15) is 4.90 Å². The maximum Gasteiger partial charge on any atom is 0.501 e. The van der Waals surface area contributed by atoms with Gasteiger partial charge in [-0.3, -0.25) is 23.3 Å². The van der Waals surface area contributed by atoms with Gasteiger partial charge in [-0.2, -0.15) is 13.2 Å². The van der Waals surface area contributed by atoms with Crippen LogP contribution in [0, 0.1) is 5.92 Å². The van der Waals surface area contributed by atoms with Crippen molar-refractivity contribution in [2.45, 2.75) is 104 Å². The summed E-state index contributed by atoms with van der Waals surface area (Å²) in [6.45, 7) is 14.1. The predicted molar refractivity (Wildman–Crippen MR) is 298 cm³/mol. The molecular weight excluding hydrogens is 1110 g/mol. The fourth-order valence-electron chi connectivity index (χ4n) is 8.98. The van der Waals surface area contributed by atoms with Crippen molar-refractivity contribution in [2.24, 2.45) is 5.92 Å². The van der Waals surface area contributed by atoms with E-state index >= 15 is 0 Å². The van der Waals surface area contributed by atoms with Gasteiger partial charge in [0, 0.05) is 65.7 Å². The maximum atomic E-state index is 14.3. The maximum absolute atomic E-state index is 14.3. The average Bonchev–Trinajstić information content (AvgIpc) is 3.38. The zero-order valence-electron chi connectivity index (χ0n) is 44.3. The van der Waals surface area contributed by atoms with Gasteiger partial charge in [-0.1, -0.05) is 66.2 Å². The Morgan fingerprint density at radius 2 is 1.42 bits per heavy atom. The van der Waals surface area contributed by atoms with Crippen molar-refractivity contribution in [3.8, 4) is 11.1 Å². The van der Waals surface area contributed by atoms with Crippen molar-refractivity contribution in [3.63, 3.8) is 0 Å². The minimum absolute atomic E-state index is 0.0723. The van der Waals surface area contributed by atoms with E-state index in [4.69, 9.17) is 34.6 Å². The molecule has 2 fully saturated rings. The van der Waals surface area contributed by atoms with Gasteiger partial charge in [0.2, 0.25) is 0 Å². The van der Waals surface area contributed by atoms with E-state index in [1.54, 1.807) is 53.7 Å². The van der Waals surface area contributed by atoms with Crippen molar-refractivity contribution in [3.05, 3.63) is 137 Å². The van der Waals surface area contributed by atoms with E-state index in [1.165, 1.54) is 23.9 Å². The van der Waals surface area contributed by atoms with E-state index in [0.717, 1.165) is 39.4 Å². The summed E-state index contributed by atoms with van der Waals surface area (Å²) in [6.07, 6.45) is 1.11. The fourth-order valence-corrected chi connectivity index (χ4v) is 13.8. The molecule has 2 N–H and O–H groups in total. The molecule has 7 rings (SSSR count). The van der Waals surface area contributed by atoms with Crippen LogP contribution in [0.15, 0.2) is 136 Å². The normalized spacial score (nSPS) is 16.4. The van der Waals surface area contributed by atoms with E-state index in [9.17, 15) is 39.4 Å². The number of thioether (sulfide) groups is 1. The van der Waals surface area contributed by atoms with Crippen molar-refractivity contribution in [1.29, 1.82) is 0 Å². The van der Waals surface area contributed by atoms with Crippen LogP contribution in [0.4, 0.5) is 24.5 Å². The number of hydrogen-bond donors (Lipinski definition) is 2. The monoisotopic (exact) mass is 1180 g/mol. The van der Waals surface area contributed by atoms with Gasteiger partial charge in [0.05, 0.1) is 41.1 Å². The number of hydrogen-bond acceptors (Lipinski definition) is 15. The molecule has 15 nitrogen and oxygen atoms in total. The van der Waals surface area contributed by atoms with Gasteiger partial charge in [-0.05, 0) is 150 Å². The summed E-state index contributed by atoms with van der Waals surface area (Å²) in [5.74, 6) is -0.818. The number of ether oxygens (including phenoxy) is 2. The number of alkyl halides is 3. The van der Waals surface area contributed by atoms with E-state index in [1.807, 2.05) is 83.6 Å². The summed E-state index contributed by atoms with van der Waals surface area (Å²) < 4.78 is 142. The number of phosphoric ester groups is 1. The summed E-state index contributed by atoms with van der Waals surface area (Å²) in [6, 6.07) is 32.6. The number of carbonyl (C=O) groups is 1. The second-order valence-corrected chi connectivity index (χ2v) is 27.5. The molecule has 78 heavy (non-hydrogen) atoms. The van der Waals surface area contributed by atoms with Crippen molar-refractivity contribution in [2.75, 3.05) is 68.7 Å². The molecule has 2 aliphatic rings. The Morgan fingerprint density at radius 3 is 2.04 bits per heavy atom. The Balaban J connectivity index is 1.05. The summed E-state index contributed by atoms with van der Waals surface area (Å²) in [5, 5.41) is 3.57. The number of benzene rings is 5. The summed E-state index contributed by atoms with van der Waals surface area (Å²) >= 11 is 7.69. The molecule has 0 unspecified atom stereocenters. The van der Waals surface area contributed by atoms with Gasteiger partial charge >= 0.3 is 13.3 Å². The molecule has 23 heteroatoms. The molecule has 5 aromatic rings. The number of amides is 1. The quantitative estimate of drug-likeness (QED) is 0.0379. The number of piperidine rings is 1. The summed E-state index contributed by atoms with van der Waals surface area (Å²) in [7, 11) is -15.2. The lowest BCUT2D eigenvalue weighted by atomic mass is 9.84. The molecule has 0 aromatic heterocycles. The lowest BCUT2D eigenvalue weighted by Crippen LogP contribution is -2.39. The molecule has 0 bridgehead atoms. The molecule has 0 radical (unpaired) electrons. The second kappa shape index (κ2) is 25.9. The molecule has 2 heterocycles. The fraction of sp³-hybridized carbons (Fsp3) is 0.436. The molecule has 5 aromatic carbocycles. The number of halogens is 4. The summed E-state index contributed by atoms with van der Waals surface area (Å²) in [5.41, 5.74) is -4.60. The number of nitrogens with zero attached hydrogens (tertiary/aromatic N) is 2. The van der Waals surface area contributed by atoms with Crippen molar-refractivity contribution in [1.82, 2.24) is 9.62 Å². The van der Waals surface area contributed by atoms with Gasteiger partial charge < -0.3 is 19.7 Å². The van der Waals surface area contributed by atoms with Gasteiger partial charge in [0.15, 0.2) is 6.79 Å². The first-order chi connectivity index (χ1) is 36.7. The highest BCUT2D eigenvalue weighted by Gasteiger charge is 2.49. The van der Waals surface area contributed by atoms with E-state index < -0.39 is 84.7 Å². The molecule has 424 valence electrons. The van der Waals surface area contributed by atoms with Gasteiger partial charge in [-0.25, -0.2) is 26.1 Å². The number of sulfone groups is 1. The first kappa shape index (κ1) is 61.1. The predicted octanol–water partition coefficient (Wildman–Crippen LogP) is 12.4. The molecule has 0 saturated carbocycles. The van der Waals surface area contributed by atoms with Crippen LogP contribution in [-0.2, 0) is 47.5 Å². The van der Waals surface area contributed by atoms with Crippen LogP contribution >= 0.6 is 31.2 Å². The number of carbonyl (C=O) groups excluding carboxylic acids is 1. The van der Waals surface area contributed by atoms with Crippen LogP contribution in [0.3, 0.4) is 0 Å². The third-order valence-electron chi connectivity index (χ3n) is 12.7. The first-order valence-corrected chi connectivity index (χ1v) is 31.2. The lowest BCUT2D eigenvalue weighted by molar-refractivity contribution is -0.0933. The van der Waals surface area contributed by atoms with E-state index in [0.29, 0.717) is 82.0 Å². The topological polar surface area (TPSA) is 179 Å². The average molecular weight is 1180 g/mol. The largest absolute Gasteiger partial charge is 0.501 e. The Bertz CT molecular complexity index is 3060. The third-order valence-corrected chi connectivity index (χ3v) is 18.9. The minimum atomic E-state index is -6.11. The van der Waals surface area contributed by atoms with Crippen LogP contribution in [0.2, 0.25) is 5.02 Å². The number of nitrogens with one attached hydrogen (secondary N) is 2. The van der Waals surface area contributed by atoms with Crippen molar-refractivity contribution < 1.29 is 62.4 Å². The third kappa shape index (κ3) is 17.0. The smallest absolute Gasteiger partial charge is 0.380 e. The lowest BCUT2D eigenvalue weighted by Gasteiger charge is -2.38. The summed E-state index contributed by atoms with van der Waals surface area (Å²) in [4.78, 5) is 16.5. The number of phosphoric acid groups is 1. The van der Waals surface area contributed by atoms with Gasteiger partial charge in [-0.15, -0.1) is 11.8 Å². The van der Waals surface area contributed by atoms with Crippen molar-refractivity contribution >= 4 is 68.3 Å². The molecule has 1 amide bonds. The molecule has 0 spiro atoms. The van der Waals surface area contributed by atoms with Gasteiger partial charge in [0.25, 0.3) is 25.8 Å². The molecule has 2 aliphatic heterocycles.